The molecule has 0 rings (SSSR count). The monoisotopic (exact) mass is 168 g/mol. The van der Waals surface area contributed by atoms with E-state index in [1.54, 1.807) is 0 Å². The maximum atomic E-state index is 10.9. The second kappa shape index (κ2) is 4.05. The summed E-state index contributed by atoms with van der Waals surface area (Å²) < 4.78 is 12.1. The van der Waals surface area contributed by atoms with Crippen LogP contribution in [0.2, 0.25) is 0 Å². The molecule has 0 aliphatic rings. The molecular weight excluding hydrogens is 155 g/mol. The van der Waals surface area contributed by atoms with Crippen LogP contribution in [-0.2, 0) is 4.57 Å². The van der Waals surface area contributed by atoms with Crippen molar-refractivity contribution < 1.29 is 14.6 Å². The van der Waals surface area contributed by atoms with Gasteiger partial charge in [0.1, 0.15) is 0 Å². The van der Waals surface area contributed by atoms with Crippen molar-refractivity contribution >= 4 is 7.67 Å². The van der Waals surface area contributed by atoms with Gasteiger partial charge in [-0.1, -0.05) is 0 Å². The van der Waals surface area contributed by atoms with Crippen molar-refractivity contribution in [1.82, 2.24) is 9.76 Å². The van der Waals surface area contributed by atoms with E-state index in [2.05, 4.69) is 5.09 Å². The first kappa shape index (κ1) is 10.1. The van der Waals surface area contributed by atoms with E-state index >= 15 is 0 Å². The van der Waals surface area contributed by atoms with Crippen LogP contribution in [0.4, 0.5) is 0 Å². The molecule has 1 unspecified atom stereocenters. The van der Waals surface area contributed by atoms with Gasteiger partial charge in [-0.2, -0.15) is 0 Å². The number of aliphatic hydroxyl groups excluding tert-OH is 1. The maximum absolute atomic E-state index is 10.9. The molecular formula is C4H13N2O3P. The van der Waals surface area contributed by atoms with E-state index in [1.807, 2.05) is 0 Å². The van der Waals surface area contributed by atoms with Crippen molar-refractivity contribution in [2.24, 2.45) is 0 Å². The zero-order valence-electron chi connectivity index (χ0n) is 6.11. The molecule has 62 valence electrons. The summed E-state index contributed by atoms with van der Waals surface area (Å²) in [6.45, 7) is 0.0668. The number of rotatable bonds is 4. The first-order valence-corrected chi connectivity index (χ1v) is 4.50. The second-order valence-corrected chi connectivity index (χ2v) is 4.09. The standard InChI is InChI=1S/C4H13N2O3P/c1-5-10(8,9)6(2)3-4-7/h7H,3-4H2,1-2H3,(H2,5,8,9). The van der Waals surface area contributed by atoms with Crippen LogP contribution >= 0.6 is 7.67 Å². The Hall–Kier alpha value is 0.0700. The van der Waals surface area contributed by atoms with Crippen LogP contribution in [0, 0.1) is 0 Å². The van der Waals surface area contributed by atoms with E-state index in [1.165, 1.54) is 18.8 Å². The van der Waals surface area contributed by atoms with Gasteiger partial charge in [-0.15, -0.1) is 0 Å². The second-order valence-electron chi connectivity index (χ2n) is 1.87. The van der Waals surface area contributed by atoms with Crippen molar-refractivity contribution in [3.8, 4) is 0 Å². The van der Waals surface area contributed by atoms with Gasteiger partial charge in [0.05, 0.1) is 6.61 Å². The van der Waals surface area contributed by atoms with Crippen LogP contribution in [-0.4, -0.2) is 41.9 Å². The summed E-state index contributed by atoms with van der Waals surface area (Å²) in [6, 6.07) is 0. The van der Waals surface area contributed by atoms with E-state index in [9.17, 15) is 4.57 Å². The third-order valence-corrected chi connectivity index (χ3v) is 2.89. The Labute approximate surface area is 60.2 Å². The average Bonchev–Trinajstić information content (AvgIpc) is 1.89. The van der Waals surface area contributed by atoms with Gasteiger partial charge in [0.2, 0.25) is 0 Å². The lowest BCUT2D eigenvalue weighted by molar-refractivity contribution is 0.254. The highest BCUT2D eigenvalue weighted by atomic mass is 31.2. The van der Waals surface area contributed by atoms with Gasteiger partial charge < -0.3 is 10.00 Å². The minimum atomic E-state index is -3.36. The molecule has 0 bridgehead atoms. The van der Waals surface area contributed by atoms with E-state index in [0.717, 1.165) is 0 Å². The lowest BCUT2D eigenvalue weighted by atomic mass is 10.7. The molecule has 0 saturated carbocycles. The molecule has 0 radical (unpaired) electrons. The summed E-state index contributed by atoms with van der Waals surface area (Å²) in [7, 11) is -0.494. The van der Waals surface area contributed by atoms with Crippen molar-refractivity contribution in [1.29, 1.82) is 0 Å². The Balaban J connectivity index is 3.91. The molecule has 10 heavy (non-hydrogen) atoms. The van der Waals surface area contributed by atoms with Crippen molar-refractivity contribution in [2.75, 3.05) is 27.2 Å². The van der Waals surface area contributed by atoms with E-state index in [4.69, 9.17) is 10.00 Å². The van der Waals surface area contributed by atoms with Gasteiger partial charge in [-0.25, -0.2) is 9.76 Å². The number of hydrogen-bond donors (Lipinski definition) is 3. The van der Waals surface area contributed by atoms with Gasteiger partial charge in [-0.05, 0) is 14.1 Å². The third kappa shape index (κ3) is 2.77. The SMILES string of the molecule is CNP(=O)(O)N(C)CCO. The molecule has 0 aliphatic heterocycles. The summed E-state index contributed by atoms with van der Waals surface area (Å²) in [6.07, 6.45) is 0. The normalized spacial score (nSPS) is 17.3. The Morgan fingerprint density at radius 3 is 2.50 bits per heavy atom. The minimum Gasteiger partial charge on any atom is -0.395 e. The van der Waals surface area contributed by atoms with Gasteiger partial charge in [0, 0.05) is 6.54 Å². The quantitative estimate of drug-likeness (QED) is 0.481. The Kier molecular flexibility index (Phi) is 4.08. The molecule has 6 heteroatoms. The Morgan fingerprint density at radius 1 is 1.70 bits per heavy atom. The summed E-state index contributed by atoms with van der Waals surface area (Å²) in [4.78, 5) is 8.98. The fraction of sp³-hybridized carbons (Fsp3) is 1.00. The first-order valence-electron chi connectivity index (χ1n) is 2.89. The molecule has 0 heterocycles. The molecule has 0 aromatic carbocycles. The van der Waals surface area contributed by atoms with E-state index in [0.29, 0.717) is 0 Å². The summed E-state index contributed by atoms with van der Waals surface area (Å²) in [5, 5.41) is 10.6. The first-order chi connectivity index (χ1) is 4.54. The van der Waals surface area contributed by atoms with Crippen LogP contribution in [0.3, 0.4) is 0 Å². The van der Waals surface area contributed by atoms with E-state index < -0.39 is 7.67 Å². The largest absolute Gasteiger partial charge is 0.395 e. The van der Waals surface area contributed by atoms with Gasteiger partial charge >= 0.3 is 7.67 Å². The molecule has 0 aliphatic carbocycles. The molecule has 0 amide bonds. The maximum Gasteiger partial charge on any atom is 0.340 e. The van der Waals surface area contributed by atoms with Gasteiger partial charge in [-0.3, -0.25) is 4.57 Å². The molecule has 0 fully saturated rings. The number of aliphatic hydroxyl groups is 1. The highest BCUT2D eigenvalue weighted by Crippen LogP contribution is 2.37. The van der Waals surface area contributed by atoms with Crippen molar-refractivity contribution in [3.63, 3.8) is 0 Å². The highest BCUT2D eigenvalue weighted by Gasteiger charge is 2.20. The van der Waals surface area contributed by atoms with Crippen LogP contribution in [0.15, 0.2) is 0 Å². The fourth-order valence-electron chi connectivity index (χ4n) is 0.451. The Bertz CT molecular complexity index is 140. The van der Waals surface area contributed by atoms with Crippen LogP contribution in [0.25, 0.3) is 0 Å². The van der Waals surface area contributed by atoms with Gasteiger partial charge in [0.25, 0.3) is 0 Å². The molecule has 3 N–H and O–H groups in total. The summed E-state index contributed by atoms with van der Waals surface area (Å²) >= 11 is 0. The molecule has 5 nitrogen and oxygen atoms in total. The number of nitrogens with zero attached hydrogens (tertiary/aromatic N) is 1. The topological polar surface area (TPSA) is 72.8 Å². The zero-order valence-corrected chi connectivity index (χ0v) is 7.01. The Morgan fingerprint density at radius 2 is 2.20 bits per heavy atom. The minimum absolute atomic E-state index is 0.122. The van der Waals surface area contributed by atoms with Crippen molar-refractivity contribution in [2.45, 2.75) is 0 Å². The van der Waals surface area contributed by atoms with Gasteiger partial charge in [0.15, 0.2) is 0 Å². The number of hydrogen-bond acceptors (Lipinski definition) is 2. The van der Waals surface area contributed by atoms with Crippen molar-refractivity contribution in [3.05, 3.63) is 0 Å². The summed E-state index contributed by atoms with van der Waals surface area (Å²) in [5.41, 5.74) is 0. The predicted octanol–water partition coefficient (Wildman–Crippen LogP) is -0.770. The average molecular weight is 168 g/mol. The molecule has 0 aromatic heterocycles. The predicted molar refractivity (Wildman–Crippen MR) is 38.6 cm³/mol. The third-order valence-electron chi connectivity index (χ3n) is 1.18. The fourth-order valence-corrected chi connectivity index (χ4v) is 1.15. The van der Waals surface area contributed by atoms with E-state index in [-0.39, 0.29) is 13.2 Å². The number of nitrogens with one attached hydrogen (secondary N) is 1. The van der Waals surface area contributed by atoms with Crippen LogP contribution in [0.1, 0.15) is 0 Å². The molecule has 1 atom stereocenters. The molecule has 0 aromatic rings. The lowest BCUT2D eigenvalue weighted by Crippen LogP contribution is -2.24. The van der Waals surface area contributed by atoms with Crippen LogP contribution in [0.5, 0.6) is 0 Å². The van der Waals surface area contributed by atoms with Crippen LogP contribution < -0.4 is 5.09 Å². The highest BCUT2D eigenvalue weighted by molar-refractivity contribution is 7.53. The smallest absolute Gasteiger partial charge is 0.340 e. The zero-order chi connectivity index (χ0) is 8.20. The lowest BCUT2D eigenvalue weighted by Gasteiger charge is -2.20. The molecule has 0 spiro atoms. The molecule has 0 saturated heterocycles. The number of likely N-dealkylation sites (N-methyl/N-ethyl adjacent to an activating group) is 1. The summed E-state index contributed by atoms with van der Waals surface area (Å²) in [5.74, 6) is 0.